The number of halogens is 1. The van der Waals surface area contributed by atoms with Crippen LogP contribution >= 0.6 is 15.9 Å². The van der Waals surface area contributed by atoms with Crippen LogP contribution in [-0.4, -0.2) is 16.1 Å². The predicted octanol–water partition coefficient (Wildman–Crippen LogP) is 3.36. The van der Waals surface area contributed by atoms with Crippen molar-refractivity contribution in [3.8, 4) is 5.69 Å². The third kappa shape index (κ3) is 2.65. The summed E-state index contributed by atoms with van der Waals surface area (Å²) < 4.78 is 3.23. The minimum Gasteiger partial charge on any atom is -0.313 e. The number of aromatic nitrogens is 2. The maximum atomic E-state index is 4.37. The summed E-state index contributed by atoms with van der Waals surface area (Å²) in [6.07, 6.45) is 1.89. The van der Waals surface area contributed by atoms with Gasteiger partial charge in [0.1, 0.15) is 0 Å². The molecule has 0 saturated heterocycles. The van der Waals surface area contributed by atoms with Gasteiger partial charge in [-0.25, -0.2) is 4.98 Å². The molecule has 1 aromatic heterocycles. The zero-order valence-electron chi connectivity index (χ0n) is 11.0. The van der Waals surface area contributed by atoms with Crippen LogP contribution in [0.4, 0.5) is 0 Å². The van der Waals surface area contributed by atoms with E-state index in [9.17, 15) is 0 Å². The summed E-state index contributed by atoms with van der Waals surface area (Å²) in [5.41, 5.74) is 4.72. The Hall–Kier alpha value is -1.13. The lowest BCUT2D eigenvalue weighted by Crippen LogP contribution is -2.14. The average Bonchev–Trinajstić information content (AvgIpc) is 2.68. The number of hydrogen-bond donors (Lipinski definition) is 1. The molecule has 2 aromatic rings. The molecule has 18 heavy (non-hydrogen) atoms. The van der Waals surface area contributed by atoms with Crippen LogP contribution in [0.3, 0.4) is 0 Å². The summed E-state index contributed by atoms with van der Waals surface area (Å²) in [5, 5.41) is 3.37. The first-order valence-corrected chi connectivity index (χ1v) is 6.92. The molecule has 0 atom stereocenters. The second kappa shape index (κ2) is 5.67. The first-order chi connectivity index (χ1) is 8.63. The van der Waals surface area contributed by atoms with Gasteiger partial charge in [-0.1, -0.05) is 28.9 Å². The third-order valence-corrected chi connectivity index (χ3v) is 3.62. The molecule has 0 aliphatic rings. The predicted molar refractivity (Wildman–Crippen MR) is 78.1 cm³/mol. The lowest BCUT2D eigenvalue weighted by atomic mass is 10.1. The zero-order chi connectivity index (χ0) is 13.1. The molecule has 0 unspecified atom stereocenters. The second-order valence-electron chi connectivity index (χ2n) is 4.34. The van der Waals surface area contributed by atoms with Gasteiger partial charge in [0.05, 0.1) is 17.7 Å². The number of aryl methyl sites for hydroxylation is 1. The second-order valence-corrected chi connectivity index (χ2v) is 5.25. The molecule has 2 rings (SSSR count). The van der Waals surface area contributed by atoms with Gasteiger partial charge in [0.25, 0.3) is 0 Å². The molecular weight excluding hydrogens is 290 g/mol. The van der Waals surface area contributed by atoms with Crippen LogP contribution in [0.2, 0.25) is 0 Å². The highest BCUT2D eigenvalue weighted by atomic mass is 79.9. The smallest absolute Gasteiger partial charge is 0.0997 e. The number of imidazole rings is 1. The average molecular weight is 308 g/mol. The van der Waals surface area contributed by atoms with E-state index in [4.69, 9.17) is 0 Å². The van der Waals surface area contributed by atoms with Gasteiger partial charge in [0, 0.05) is 16.7 Å². The fourth-order valence-electron chi connectivity index (χ4n) is 1.91. The van der Waals surface area contributed by atoms with Crippen LogP contribution in [0.25, 0.3) is 5.69 Å². The van der Waals surface area contributed by atoms with E-state index in [1.807, 2.05) is 13.3 Å². The van der Waals surface area contributed by atoms with Crippen LogP contribution in [0, 0.1) is 13.8 Å². The summed E-state index contributed by atoms with van der Waals surface area (Å²) >= 11 is 3.54. The van der Waals surface area contributed by atoms with Crippen molar-refractivity contribution in [1.82, 2.24) is 14.9 Å². The zero-order valence-corrected chi connectivity index (χ0v) is 12.6. The van der Waals surface area contributed by atoms with E-state index >= 15 is 0 Å². The minimum absolute atomic E-state index is 0.871. The van der Waals surface area contributed by atoms with Gasteiger partial charge >= 0.3 is 0 Å². The molecule has 0 amide bonds. The standard InChI is InChI=1S/C14H18BrN3/c1-4-16-8-12-5-6-13(15)7-14(12)18-9-17-10(2)11(18)3/h5-7,9,16H,4,8H2,1-3H3. The summed E-state index contributed by atoms with van der Waals surface area (Å²) in [5.74, 6) is 0. The quantitative estimate of drug-likeness (QED) is 0.938. The van der Waals surface area contributed by atoms with Gasteiger partial charge < -0.3 is 9.88 Å². The highest BCUT2D eigenvalue weighted by molar-refractivity contribution is 9.10. The molecule has 1 heterocycles. The van der Waals surface area contributed by atoms with E-state index in [1.165, 1.54) is 16.9 Å². The summed E-state index contributed by atoms with van der Waals surface area (Å²) in [4.78, 5) is 4.37. The van der Waals surface area contributed by atoms with Gasteiger partial charge in [0.2, 0.25) is 0 Å². The fraction of sp³-hybridized carbons (Fsp3) is 0.357. The van der Waals surface area contributed by atoms with Crippen molar-refractivity contribution in [1.29, 1.82) is 0 Å². The Morgan fingerprint density at radius 1 is 1.33 bits per heavy atom. The topological polar surface area (TPSA) is 29.9 Å². The first kappa shape index (κ1) is 13.3. The number of benzene rings is 1. The SMILES string of the molecule is CCNCc1ccc(Br)cc1-n1cnc(C)c1C. The van der Waals surface area contributed by atoms with E-state index < -0.39 is 0 Å². The Bertz CT molecular complexity index is 546. The van der Waals surface area contributed by atoms with Crippen molar-refractivity contribution in [3.63, 3.8) is 0 Å². The lowest BCUT2D eigenvalue weighted by Gasteiger charge is -2.13. The van der Waals surface area contributed by atoms with Gasteiger partial charge in [-0.15, -0.1) is 0 Å². The first-order valence-electron chi connectivity index (χ1n) is 6.13. The molecule has 1 aromatic carbocycles. The van der Waals surface area contributed by atoms with Crippen molar-refractivity contribution in [3.05, 3.63) is 46.0 Å². The van der Waals surface area contributed by atoms with Crippen molar-refractivity contribution >= 4 is 15.9 Å². The normalized spacial score (nSPS) is 10.9. The highest BCUT2D eigenvalue weighted by Gasteiger charge is 2.09. The van der Waals surface area contributed by atoms with Gasteiger partial charge in [-0.3, -0.25) is 0 Å². The van der Waals surface area contributed by atoms with E-state index in [0.29, 0.717) is 0 Å². The molecule has 0 aliphatic heterocycles. The summed E-state index contributed by atoms with van der Waals surface area (Å²) in [6, 6.07) is 6.37. The number of rotatable bonds is 4. The molecule has 3 nitrogen and oxygen atoms in total. The highest BCUT2D eigenvalue weighted by Crippen LogP contribution is 2.22. The Morgan fingerprint density at radius 2 is 2.11 bits per heavy atom. The Balaban J connectivity index is 2.47. The van der Waals surface area contributed by atoms with Crippen LogP contribution in [0.15, 0.2) is 29.0 Å². The van der Waals surface area contributed by atoms with E-state index in [1.54, 1.807) is 0 Å². The van der Waals surface area contributed by atoms with Gasteiger partial charge in [-0.05, 0) is 38.1 Å². The van der Waals surface area contributed by atoms with E-state index in [2.05, 4.69) is 62.8 Å². The monoisotopic (exact) mass is 307 g/mol. The molecular formula is C14H18BrN3. The van der Waals surface area contributed by atoms with Gasteiger partial charge in [0.15, 0.2) is 0 Å². The van der Waals surface area contributed by atoms with Crippen LogP contribution < -0.4 is 5.32 Å². The largest absolute Gasteiger partial charge is 0.313 e. The van der Waals surface area contributed by atoms with Crippen molar-refractivity contribution in [2.75, 3.05) is 6.54 Å². The lowest BCUT2D eigenvalue weighted by molar-refractivity contribution is 0.721. The Labute approximate surface area is 116 Å². The summed E-state index contributed by atoms with van der Waals surface area (Å²) in [6.45, 7) is 8.09. The van der Waals surface area contributed by atoms with Crippen molar-refractivity contribution < 1.29 is 0 Å². The maximum Gasteiger partial charge on any atom is 0.0997 e. The van der Waals surface area contributed by atoms with Crippen LogP contribution in [0.1, 0.15) is 23.9 Å². The number of hydrogen-bond acceptors (Lipinski definition) is 2. The molecule has 0 aliphatic carbocycles. The van der Waals surface area contributed by atoms with Crippen LogP contribution in [-0.2, 0) is 6.54 Å². The van der Waals surface area contributed by atoms with Crippen molar-refractivity contribution in [2.45, 2.75) is 27.3 Å². The number of nitrogens with zero attached hydrogens (tertiary/aromatic N) is 2. The van der Waals surface area contributed by atoms with E-state index in [0.717, 1.165) is 23.3 Å². The molecule has 96 valence electrons. The van der Waals surface area contributed by atoms with Gasteiger partial charge in [-0.2, -0.15) is 0 Å². The molecule has 1 N–H and O–H groups in total. The molecule has 4 heteroatoms. The van der Waals surface area contributed by atoms with Crippen LogP contribution in [0.5, 0.6) is 0 Å². The van der Waals surface area contributed by atoms with Crippen molar-refractivity contribution in [2.24, 2.45) is 0 Å². The molecule has 0 saturated carbocycles. The number of nitrogens with one attached hydrogen (secondary N) is 1. The minimum atomic E-state index is 0.871. The molecule has 0 fully saturated rings. The fourth-order valence-corrected chi connectivity index (χ4v) is 2.26. The molecule has 0 radical (unpaired) electrons. The molecule has 0 spiro atoms. The Kier molecular flexibility index (Phi) is 4.19. The summed E-state index contributed by atoms with van der Waals surface area (Å²) in [7, 11) is 0. The Morgan fingerprint density at radius 3 is 2.72 bits per heavy atom. The molecule has 0 bridgehead atoms. The maximum absolute atomic E-state index is 4.37. The third-order valence-electron chi connectivity index (χ3n) is 3.12. The van der Waals surface area contributed by atoms with E-state index in [-0.39, 0.29) is 0 Å².